The number of fused-ring (bicyclic) bond motifs is 1. The van der Waals surface area contributed by atoms with E-state index in [4.69, 9.17) is 20.7 Å². The van der Waals surface area contributed by atoms with Crippen LogP contribution in [-0.2, 0) is 4.79 Å². The van der Waals surface area contributed by atoms with E-state index in [0.29, 0.717) is 17.1 Å². The molecule has 3 aromatic rings. The van der Waals surface area contributed by atoms with Crippen LogP contribution in [0.3, 0.4) is 0 Å². The Morgan fingerprint density at radius 2 is 1.80 bits per heavy atom. The predicted octanol–water partition coefficient (Wildman–Crippen LogP) is 2.04. The fourth-order valence-corrected chi connectivity index (χ4v) is 2.30. The summed E-state index contributed by atoms with van der Waals surface area (Å²) in [6, 6.07) is 10.6. The third-order valence-corrected chi connectivity index (χ3v) is 3.48. The zero-order valence-corrected chi connectivity index (χ0v) is 12.8. The van der Waals surface area contributed by atoms with Gasteiger partial charge in [0.25, 0.3) is 0 Å². The number of benzene rings is 2. The van der Waals surface area contributed by atoms with E-state index in [9.17, 15) is 9.59 Å². The summed E-state index contributed by atoms with van der Waals surface area (Å²) < 4.78 is 5.15. The molecular formula is C17H13N3O5. The van der Waals surface area contributed by atoms with Gasteiger partial charge in [-0.25, -0.2) is 19.6 Å². The van der Waals surface area contributed by atoms with Gasteiger partial charge in [-0.3, -0.25) is 0 Å². The van der Waals surface area contributed by atoms with Crippen molar-refractivity contribution < 1.29 is 24.5 Å². The molecule has 4 N–H and O–H groups in total. The molecule has 8 heteroatoms. The summed E-state index contributed by atoms with van der Waals surface area (Å²) in [4.78, 5) is 29.6. The second kappa shape index (κ2) is 6.44. The van der Waals surface area contributed by atoms with Gasteiger partial charge < -0.3 is 20.7 Å². The summed E-state index contributed by atoms with van der Waals surface area (Å²) in [6.07, 6.45) is 1.17. The number of hydrogen-bond donors (Lipinski definition) is 3. The lowest BCUT2D eigenvalue weighted by Crippen LogP contribution is -2.09. The van der Waals surface area contributed by atoms with Crippen molar-refractivity contribution in [3.63, 3.8) is 0 Å². The maximum atomic E-state index is 11.0. The number of aromatic nitrogens is 2. The fraction of sp³-hybridized carbons (Fsp3) is 0.0588. The Balaban J connectivity index is 1.93. The van der Waals surface area contributed by atoms with Gasteiger partial charge in [-0.2, -0.15) is 0 Å². The minimum Gasteiger partial charge on any atom is -0.482 e. The SMILES string of the molecule is Nc1nc(-c2ccc3cc(OCC(=O)O)ccc3c2)ncc1C(=O)O. The Bertz CT molecular complexity index is 987. The van der Waals surface area contributed by atoms with Crippen molar-refractivity contribution in [2.45, 2.75) is 0 Å². The second-order valence-corrected chi connectivity index (χ2v) is 5.20. The molecule has 1 heterocycles. The number of carboxylic acids is 2. The van der Waals surface area contributed by atoms with Crippen LogP contribution in [0.1, 0.15) is 10.4 Å². The van der Waals surface area contributed by atoms with Crippen LogP contribution in [0.2, 0.25) is 0 Å². The molecule has 0 aliphatic rings. The number of ether oxygens (including phenoxy) is 1. The van der Waals surface area contributed by atoms with Crippen LogP contribution in [0.5, 0.6) is 5.75 Å². The van der Waals surface area contributed by atoms with Crippen LogP contribution in [0.4, 0.5) is 5.82 Å². The molecule has 0 aliphatic carbocycles. The standard InChI is InChI=1S/C17H13N3O5/c18-15-13(17(23)24)7-19-16(20-15)11-2-1-10-6-12(25-8-14(21)22)4-3-9(10)5-11/h1-7H,8H2,(H,21,22)(H,23,24)(H2,18,19,20). The number of carboxylic acid groups (broad SMARTS) is 2. The number of hydrogen-bond acceptors (Lipinski definition) is 6. The molecule has 0 unspecified atom stereocenters. The summed E-state index contributed by atoms with van der Waals surface area (Å²) >= 11 is 0. The Morgan fingerprint density at radius 3 is 2.48 bits per heavy atom. The van der Waals surface area contributed by atoms with Crippen molar-refractivity contribution in [1.82, 2.24) is 9.97 Å². The maximum absolute atomic E-state index is 11.0. The van der Waals surface area contributed by atoms with Gasteiger partial charge >= 0.3 is 11.9 Å². The zero-order valence-electron chi connectivity index (χ0n) is 12.8. The predicted molar refractivity (Wildman–Crippen MR) is 89.5 cm³/mol. The van der Waals surface area contributed by atoms with Crippen LogP contribution in [0.25, 0.3) is 22.2 Å². The van der Waals surface area contributed by atoms with E-state index in [1.165, 1.54) is 6.20 Å². The molecule has 2 aromatic carbocycles. The summed E-state index contributed by atoms with van der Waals surface area (Å²) in [5, 5.41) is 19.3. The van der Waals surface area contributed by atoms with Gasteiger partial charge in [-0.05, 0) is 29.0 Å². The number of nitrogen functional groups attached to an aromatic ring is 1. The van der Waals surface area contributed by atoms with Gasteiger partial charge in [0.1, 0.15) is 17.1 Å². The number of anilines is 1. The van der Waals surface area contributed by atoms with E-state index in [0.717, 1.165) is 10.8 Å². The average Bonchev–Trinajstić information content (AvgIpc) is 2.58. The molecule has 25 heavy (non-hydrogen) atoms. The molecule has 0 saturated heterocycles. The van der Waals surface area contributed by atoms with Gasteiger partial charge in [0, 0.05) is 11.8 Å². The Labute approximate surface area is 141 Å². The van der Waals surface area contributed by atoms with Crippen LogP contribution in [0.15, 0.2) is 42.6 Å². The lowest BCUT2D eigenvalue weighted by molar-refractivity contribution is -0.139. The molecule has 126 valence electrons. The minimum absolute atomic E-state index is 0.102. The quantitative estimate of drug-likeness (QED) is 0.642. The van der Waals surface area contributed by atoms with Gasteiger partial charge in [-0.15, -0.1) is 0 Å². The first-order valence-electron chi connectivity index (χ1n) is 7.18. The average molecular weight is 339 g/mol. The van der Waals surface area contributed by atoms with Crippen LogP contribution >= 0.6 is 0 Å². The van der Waals surface area contributed by atoms with Crippen molar-refractivity contribution in [2.24, 2.45) is 0 Å². The number of nitrogens with two attached hydrogens (primary N) is 1. The van der Waals surface area contributed by atoms with Crippen molar-refractivity contribution in [2.75, 3.05) is 12.3 Å². The molecule has 0 aliphatic heterocycles. The summed E-state index contributed by atoms with van der Waals surface area (Å²) in [5.41, 5.74) is 6.18. The van der Waals surface area contributed by atoms with Crippen molar-refractivity contribution in [3.8, 4) is 17.1 Å². The molecule has 8 nitrogen and oxygen atoms in total. The van der Waals surface area contributed by atoms with E-state index in [1.807, 2.05) is 12.1 Å². The third kappa shape index (κ3) is 3.47. The van der Waals surface area contributed by atoms with E-state index in [1.54, 1.807) is 24.3 Å². The molecule has 0 fully saturated rings. The van der Waals surface area contributed by atoms with Crippen LogP contribution < -0.4 is 10.5 Å². The van der Waals surface area contributed by atoms with Crippen LogP contribution in [-0.4, -0.2) is 38.7 Å². The van der Waals surface area contributed by atoms with Crippen molar-refractivity contribution in [3.05, 3.63) is 48.2 Å². The van der Waals surface area contributed by atoms with E-state index in [-0.39, 0.29) is 11.4 Å². The topological polar surface area (TPSA) is 136 Å². The maximum Gasteiger partial charge on any atom is 0.341 e. The van der Waals surface area contributed by atoms with Crippen molar-refractivity contribution in [1.29, 1.82) is 0 Å². The summed E-state index contributed by atoms with van der Waals surface area (Å²) in [6.45, 7) is -0.410. The third-order valence-electron chi connectivity index (χ3n) is 3.48. The Kier molecular flexibility index (Phi) is 4.17. The Morgan fingerprint density at radius 1 is 1.08 bits per heavy atom. The largest absolute Gasteiger partial charge is 0.482 e. The van der Waals surface area contributed by atoms with E-state index in [2.05, 4.69) is 9.97 Å². The Hall–Kier alpha value is -3.68. The molecule has 0 atom stereocenters. The highest BCUT2D eigenvalue weighted by molar-refractivity contribution is 5.93. The highest BCUT2D eigenvalue weighted by Crippen LogP contribution is 2.26. The monoisotopic (exact) mass is 339 g/mol. The first-order chi connectivity index (χ1) is 11.9. The highest BCUT2D eigenvalue weighted by atomic mass is 16.5. The van der Waals surface area contributed by atoms with E-state index >= 15 is 0 Å². The molecule has 1 aromatic heterocycles. The van der Waals surface area contributed by atoms with Gasteiger partial charge in [0.05, 0.1) is 0 Å². The molecule has 0 amide bonds. The van der Waals surface area contributed by atoms with Gasteiger partial charge in [0.2, 0.25) is 0 Å². The smallest absolute Gasteiger partial charge is 0.341 e. The second-order valence-electron chi connectivity index (χ2n) is 5.20. The number of carbonyl (C=O) groups is 2. The normalized spacial score (nSPS) is 10.6. The molecule has 0 spiro atoms. The van der Waals surface area contributed by atoms with E-state index < -0.39 is 18.5 Å². The lowest BCUT2D eigenvalue weighted by Gasteiger charge is -2.07. The minimum atomic E-state index is -1.18. The molecule has 3 rings (SSSR count). The number of aliphatic carboxylic acids is 1. The van der Waals surface area contributed by atoms with Gasteiger partial charge in [-0.1, -0.05) is 18.2 Å². The zero-order chi connectivity index (χ0) is 18.0. The molecular weight excluding hydrogens is 326 g/mol. The summed E-state index contributed by atoms with van der Waals surface area (Å²) in [5.74, 6) is -1.56. The van der Waals surface area contributed by atoms with Crippen molar-refractivity contribution >= 4 is 28.5 Å². The molecule has 0 radical (unpaired) electrons. The number of rotatable bonds is 5. The first kappa shape index (κ1) is 16.2. The summed E-state index contributed by atoms with van der Waals surface area (Å²) in [7, 11) is 0. The molecule has 0 saturated carbocycles. The first-order valence-corrected chi connectivity index (χ1v) is 7.18. The number of nitrogens with zero attached hydrogens (tertiary/aromatic N) is 2. The fourth-order valence-electron chi connectivity index (χ4n) is 2.30. The van der Waals surface area contributed by atoms with Crippen LogP contribution in [0, 0.1) is 0 Å². The number of aromatic carboxylic acids is 1. The van der Waals surface area contributed by atoms with Gasteiger partial charge in [0.15, 0.2) is 12.4 Å². The highest BCUT2D eigenvalue weighted by Gasteiger charge is 2.12. The molecule has 0 bridgehead atoms. The lowest BCUT2D eigenvalue weighted by atomic mass is 10.1.